The molecule has 1 aromatic rings. The summed E-state index contributed by atoms with van der Waals surface area (Å²) in [4.78, 5) is 15.6. The summed E-state index contributed by atoms with van der Waals surface area (Å²) < 4.78 is 0. The van der Waals surface area contributed by atoms with Gasteiger partial charge in [0.05, 0.1) is 11.3 Å². The van der Waals surface area contributed by atoms with E-state index in [-0.39, 0.29) is 0 Å². The van der Waals surface area contributed by atoms with Crippen molar-refractivity contribution in [3.8, 4) is 0 Å². The van der Waals surface area contributed by atoms with Crippen molar-refractivity contribution in [3.05, 3.63) is 28.8 Å². The second kappa shape index (κ2) is 5.80. The molecule has 1 fully saturated rings. The smallest absolute Gasteiger partial charge is 0.337 e. The van der Waals surface area contributed by atoms with Gasteiger partial charge in [-0.3, -0.25) is 0 Å². The van der Waals surface area contributed by atoms with Crippen molar-refractivity contribution in [2.75, 3.05) is 32.1 Å². The Morgan fingerprint density at radius 1 is 1.37 bits per heavy atom. The maximum absolute atomic E-state index is 11.3. The Morgan fingerprint density at radius 2 is 2.00 bits per heavy atom. The van der Waals surface area contributed by atoms with Crippen LogP contribution in [0.5, 0.6) is 0 Å². The molecule has 0 aliphatic carbocycles. The second-order valence-electron chi connectivity index (χ2n) is 5.15. The highest BCUT2D eigenvalue weighted by Crippen LogP contribution is 2.28. The fourth-order valence-electron chi connectivity index (χ4n) is 2.57. The highest BCUT2D eigenvalue weighted by molar-refractivity contribution is 6.31. The van der Waals surface area contributed by atoms with E-state index in [1.165, 1.54) is 0 Å². The first-order valence-corrected chi connectivity index (χ1v) is 6.81. The van der Waals surface area contributed by atoms with Gasteiger partial charge in [-0.15, -0.1) is 0 Å². The molecule has 0 saturated carbocycles. The van der Waals surface area contributed by atoms with Crippen LogP contribution < -0.4 is 4.90 Å². The monoisotopic (exact) mass is 282 g/mol. The number of nitrogens with zero attached hydrogens (tertiary/aromatic N) is 2. The maximum Gasteiger partial charge on any atom is 0.337 e. The lowest BCUT2D eigenvalue weighted by Crippen LogP contribution is -2.42. The van der Waals surface area contributed by atoms with E-state index >= 15 is 0 Å². The van der Waals surface area contributed by atoms with Gasteiger partial charge in [-0.25, -0.2) is 4.79 Å². The third-order valence-electron chi connectivity index (χ3n) is 3.73. The molecule has 0 atom stereocenters. The molecule has 1 aliphatic heterocycles. The summed E-state index contributed by atoms with van der Waals surface area (Å²) in [6.45, 7) is 1.73. The van der Waals surface area contributed by atoms with Crippen molar-refractivity contribution in [1.82, 2.24) is 4.90 Å². The third-order valence-corrected chi connectivity index (χ3v) is 3.96. The van der Waals surface area contributed by atoms with Crippen LogP contribution in [0.15, 0.2) is 18.2 Å². The third kappa shape index (κ3) is 3.19. The summed E-state index contributed by atoms with van der Waals surface area (Å²) in [5, 5.41) is 9.83. The lowest BCUT2D eigenvalue weighted by Gasteiger charge is -2.37. The normalized spacial score (nSPS) is 16.9. The summed E-state index contributed by atoms with van der Waals surface area (Å²) >= 11 is 5.99. The lowest BCUT2D eigenvalue weighted by atomic mass is 10.0. The van der Waals surface area contributed by atoms with Crippen LogP contribution in [0.1, 0.15) is 23.2 Å². The van der Waals surface area contributed by atoms with Gasteiger partial charge in [-0.2, -0.15) is 0 Å². The number of hydrogen-bond donors (Lipinski definition) is 1. The highest BCUT2D eigenvalue weighted by atomic mass is 35.5. The summed E-state index contributed by atoms with van der Waals surface area (Å²) in [5.41, 5.74) is 1.06. The Balaban J connectivity index is 2.19. The van der Waals surface area contributed by atoms with E-state index in [0.717, 1.165) is 31.6 Å². The fraction of sp³-hybridized carbons (Fsp3) is 0.500. The SMILES string of the molecule is CN(C)C1CCN(c2cc(Cl)ccc2C(=O)O)CC1. The van der Waals surface area contributed by atoms with Gasteiger partial charge in [-0.05, 0) is 45.1 Å². The van der Waals surface area contributed by atoms with E-state index in [4.69, 9.17) is 11.6 Å². The van der Waals surface area contributed by atoms with Crippen LogP contribution in [-0.2, 0) is 0 Å². The van der Waals surface area contributed by atoms with Crippen molar-refractivity contribution >= 4 is 23.3 Å². The van der Waals surface area contributed by atoms with E-state index in [1.54, 1.807) is 18.2 Å². The summed E-state index contributed by atoms with van der Waals surface area (Å²) in [6, 6.07) is 5.53. The predicted octanol–water partition coefficient (Wildman–Crippen LogP) is 2.57. The molecule has 4 nitrogen and oxygen atoms in total. The Morgan fingerprint density at radius 3 is 2.53 bits per heavy atom. The zero-order chi connectivity index (χ0) is 14.0. The molecule has 5 heteroatoms. The van der Waals surface area contributed by atoms with Gasteiger partial charge in [0.25, 0.3) is 0 Å². The molecule has 1 heterocycles. The average Bonchev–Trinajstić information content (AvgIpc) is 2.38. The van der Waals surface area contributed by atoms with Crippen LogP contribution in [-0.4, -0.2) is 49.2 Å². The van der Waals surface area contributed by atoms with E-state index in [2.05, 4.69) is 23.9 Å². The Hall–Kier alpha value is -1.26. The van der Waals surface area contributed by atoms with E-state index in [9.17, 15) is 9.90 Å². The number of anilines is 1. The maximum atomic E-state index is 11.3. The first-order valence-electron chi connectivity index (χ1n) is 6.43. The number of carboxylic acids is 1. The zero-order valence-corrected chi connectivity index (χ0v) is 12.0. The number of hydrogen-bond acceptors (Lipinski definition) is 3. The Kier molecular flexibility index (Phi) is 4.32. The molecule has 0 spiro atoms. The van der Waals surface area contributed by atoms with E-state index < -0.39 is 5.97 Å². The molecule has 1 N–H and O–H groups in total. The van der Waals surface area contributed by atoms with Crippen LogP contribution >= 0.6 is 11.6 Å². The number of aromatic carboxylic acids is 1. The highest BCUT2D eigenvalue weighted by Gasteiger charge is 2.23. The van der Waals surface area contributed by atoms with Crippen molar-refractivity contribution in [1.29, 1.82) is 0 Å². The van der Waals surface area contributed by atoms with Crippen molar-refractivity contribution < 1.29 is 9.90 Å². The molecule has 2 rings (SSSR count). The van der Waals surface area contributed by atoms with Crippen molar-refractivity contribution in [3.63, 3.8) is 0 Å². The van der Waals surface area contributed by atoms with E-state index in [1.807, 2.05) is 0 Å². The molecule has 0 aromatic heterocycles. The molecule has 0 radical (unpaired) electrons. The molecule has 0 unspecified atom stereocenters. The number of piperidine rings is 1. The number of carboxylic acid groups (broad SMARTS) is 1. The van der Waals surface area contributed by atoms with E-state index in [0.29, 0.717) is 16.6 Å². The van der Waals surface area contributed by atoms with Gasteiger partial charge in [0.2, 0.25) is 0 Å². The summed E-state index contributed by atoms with van der Waals surface area (Å²) in [5.74, 6) is -0.901. The van der Waals surface area contributed by atoms with Gasteiger partial charge in [0, 0.05) is 24.2 Å². The minimum atomic E-state index is -0.901. The average molecular weight is 283 g/mol. The van der Waals surface area contributed by atoms with Gasteiger partial charge >= 0.3 is 5.97 Å². The topological polar surface area (TPSA) is 43.8 Å². The summed E-state index contributed by atoms with van der Waals surface area (Å²) in [7, 11) is 4.17. The van der Waals surface area contributed by atoms with Crippen LogP contribution in [0.4, 0.5) is 5.69 Å². The zero-order valence-electron chi connectivity index (χ0n) is 11.3. The quantitative estimate of drug-likeness (QED) is 0.925. The standard InChI is InChI=1S/C14H19ClN2O2/c1-16(2)11-5-7-17(8-6-11)13-9-10(15)3-4-12(13)14(18)19/h3-4,9,11H,5-8H2,1-2H3,(H,18,19). The minimum Gasteiger partial charge on any atom is -0.478 e. The number of benzene rings is 1. The minimum absolute atomic E-state index is 0.327. The van der Waals surface area contributed by atoms with Gasteiger partial charge < -0.3 is 14.9 Å². The molecule has 104 valence electrons. The number of rotatable bonds is 3. The molecule has 0 bridgehead atoms. The molecular formula is C14H19ClN2O2. The number of carbonyl (C=O) groups is 1. The fourth-order valence-corrected chi connectivity index (χ4v) is 2.74. The van der Waals surface area contributed by atoms with Gasteiger partial charge in [0.15, 0.2) is 0 Å². The molecule has 1 aliphatic rings. The molecule has 19 heavy (non-hydrogen) atoms. The molecule has 1 aromatic carbocycles. The van der Waals surface area contributed by atoms with Gasteiger partial charge in [-0.1, -0.05) is 11.6 Å². The Bertz CT molecular complexity index is 469. The summed E-state index contributed by atoms with van der Waals surface area (Å²) in [6.07, 6.45) is 2.08. The van der Waals surface area contributed by atoms with Crippen LogP contribution in [0.3, 0.4) is 0 Å². The Labute approximate surface area is 118 Å². The molecular weight excluding hydrogens is 264 g/mol. The van der Waals surface area contributed by atoms with Crippen LogP contribution in [0.25, 0.3) is 0 Å². The first-order chi connectivity index (χ1) is 8.99. The molecule has 1 saturated heterocycles. The lowest BCUT2D eigenvalue weighted by molar-refractivity contribution is 0.0697. The van der Waals surface area contributed by atoms with Crippen molar-refractivity contribution in [2.24, 2.45) is 0 Å². The second-order valence-corrected chi connectivity index (χ2v) is 5.58. The van der Waals surface area contributed by atoms with Crippen LogP contribution in [0.2, 0.25) is 5.02 Å². The first kappa shape index (κ1) is 14.2. The van der Waals surface area contributed by atoms with Crippen molar-refractivity contribution in [2.45, 2.75) is 18.9 Å². The van der Waals surface area contributed by atoms with Crippen LogP contribution in [0, 0.1) is 0 Å². The largest absolute Gasteiger partial charge is 0.478 e. The van der Waals surface area contributed by atoms with Gasteiger partial charge in [0.1, 0.15) is 0 Å². The number of halogens is 1. The predicted molar refractivity (Wildman–Crippen MR) is 77.3 cm³/mol. The molecule has 0 amide bonds.